The molecule has 6 heteroatoms. The normalized spacial score (nSPS) is 25.7. The van der Waals surface area contributed by atoms with E-state index >= 15 is 0 Å². The molecule has 0 aromatic carbocycles. The number of carbonyl (C=O) groups is 2. The van der Waals surface area contributed by atoms with Crippen molar-refractivity contribution < 1.29 is 19.8 Å². The van der Waals surface area contributed by atoms with Crippen LogP contribution in [-0.4, -0.2) is 64.3 Å². The van der Waals surface area contributed by atoms with Gasteiger partial charge in [0.05, 0.1) is 12.0 Å². The molecule has 120 valence electrons. The van der Waals surface area contributed by atoms with E-state index in [0.717, 1.165) is 25.7 Å². The van der Waals surface area contributed by atoms with Gasteiger partial charge in [-0.15, -0.1) is 0 Å². The molecular formula is C15H26N2O4. The van der Waals surface area contributed by atoms with Gasteiger partial charge in [-0.3, -0.25) is 4.79 Å². The minimum atomic E-state index is -0.795. The van der Waals surface area contributed by atoms with Crippen LogP contribution in [0.25, 0.3) is 0 Å². The molecule has 1 atom stereocenters. The fraction of sp³-hybridized carbons (Fsp3) is 0.867. The molecule has 1 aliphatic carbocycles. The first-order chi connectivity index (χ1) is 10.0. The molecule has 0 radical (unpaired) electrons. The number of carbonyl (C=O) groups excluding carboxylic acids is 1. The minimum absolute atomic E-state index is 0.0465. The molecule has 2 fully saturated rings. The van der Waals surface area contributed by atoms with E-state index in [9.17, 15) is 14.7 Å². The van der Waals surface area contributed by atoms with Crippen LogP contribution in [0.5, 0.6) is 0 Å². The zero-order valence-corrected chi connectivity index (χ0v) is 12.8. The molecule has 1 saturated carbocycles. The Kier molecular flexibility index (Phi) is 5.08. The number of hydrogen-bond donors (Lipinski definition) is 2. The first-order valence-corrected chi connectivity index (χ1v) is 7.94. The topological polar surface area (TPSA) is 81.1 Å². The lowest BCUT2D eigenvalue weighted by Crippen LogP contribution is -2.54. The Hall–Kier alpha value is -1.30. The standard InChI is InChI=1S/C15H26N2O4/c1-2-6-15(13(19)20)7-3-8-16(11-15)14(21)17(9-10-18)12-4-5-12/h12,18H,2-11H2,1H3,(H,19,20). The van der Waals surface area contributed by atoms with Gasteiger partial charge in [0.25, 0.3) is 0 Å². The average molecular weight is 298 g/mol. The SMILES string of the molecule is CCCC1(C(=O)O)CCCN(C(=O)N(CCO)C2CC2)C1. The molecule has 0 spiro atoms. The predicted molar refractivity (Wildman–Crippen MR) is 78.0 cm³/mol. The van der Waals surface area contributed by atoms with Crippen molar-refractivity contribution in [3.63, 3.8) is 0 Å². The number of aliphatic hydroxyl groups is 1. The maximum atomic E-state index is 12.6. The van der Waals surface area contributed by atoms with Crippen LogP contribution in [0.3, 0.4) is 0 Å². The van der Waals surface area contributed by atoms with Crippen LogP contribution in [-0.2, 0) is 4.79 Å². The van der Waals surface area contributed by atoms with Gasteiger partial charge in [-0.2, -0.15) is 0 Å². The zero-order chi connectivity index (χ0) is 15.5. The molecule has 2 aliphatic rings. The highest BCUT2D eigenvalue weighted by atomic mass is 16.4. The fourth-order valence-electron chi connectivity index (χ4n) is 3.37. The molecular weight excluding hydrogens is 272 g/mol. The van der Waals surface area contributed by atoms with Crippen LogP contribution in [0, 0.1) is 5.41 Å². The number of amides is 2. The third kappa shape index (κ3) is 3.48. The van der Waals surface area contributed by atoms with Crippen molar-refractivity contribution in [1.29, 1.82) is 0 Å². The Bertz CT molecular complexity index is 393. The Labute approximate surface area is 125 Å². The molecule has 1 saturated heterocycles. The highest BCUT2D eigenvalue weighted by molar-refractivity contribution is 5.79. The number of carboxylic acid groups (broad SMARTS) is 1. The van der Waals surface area contributed by atoms with Crippen LogP contribution in [0.1, 0.15) is 45.4 Å². The summed E-state index contributed by atoms with van der Waals surface area (Å²) in [5.74, 6) is -0.790. The molecule has 6 nitrogen and oxygen atoms in total. The molecule has 2 amide bonds. The van der Waals surface area contributed by atoms with E-state index in [1.54, 1.807) is 9.80 Å². The summed E-state index contributed by atoms with van der Waals surface area (Å²) in [5, 5.41) is 18.7. The first kappa shape index (κ1) is 16.1. The monoisotopic (exact) mass is 298 g/mol. The molecule has 0 bridgehead atoms. The lowest BCUT2D eigenvalue weighted by atomic mass is 9.76. The number of aliphatic hydroxyl groups excluding tert-OH is 1. The largest absolute Gasteiger partial charge is 0.481 e. The van der Waals surface area contributed by atoms with Crippen LogP contribution in [0.4, 0.5) is 4.79 Å². The number of carboxylic acids is 1. The molecule has 0 aromatic heterocycles. The summed E-state index contributed by atoms with van der Waals surface area (Å²) in [6.45, 7) is 3.19. The summed E-state index contributed by atoms with van der Waals surface area (Å²) in [6.07, 6.45) is 4.75. The van der Waals surface area contributed by atoms with E-state index in [1.165, 1.54) is 0 Å². The highest BCUT2D eigenvalue weighted by Crippen LogP contribution is 2.36. The summed E-state index contributed by atoms with van der Waals surface area (Å²) in [5.41, 5.74) is -0.795. The van der Waals surface area contributed by atoms with Gasteiger partial charge in [-0.1, -0.05) is 13.3 Å². The minimum Gasteiger partial charge on any atom is -0.481 e. The molecule has 1 aliphatic heterocycles. The van der Waals surface area contributed by atoms with Gasteiger partial charge >= 0.3 is 12.0 Å². The van der Waals surface area contributed by atoms with Gasteiger partial charge in [-0.05, 0) is 32.1 Å². The predicted octanol–water partition coefficient (Wildman–Crippen LogP) is 1.53. The number of likely N-dealkylation sites (tertiary alicyclic amines) is 1. The van der Waals surface area contributed by atoms with Crippen LogP contribution < -0.4 is 0 Å². The number of nitrogens with zero attached hydrogens (tertiary/aromatic N) is 2. The van der Waals surface area contributed by atoms with E-state index in [-0.39, 0.29) is 18.7 Å². The number of piperidine rings is 1. The number of rotatable bonds is 6. The fourth-order valence-corrected chi connectivity index (χ4v) is 3.37. The molecule has 21 heavy (non-hydrogen) atoms. The summed E-state index contributed by atoms with van der Waals surface area (Å²) in [4.78, 5) is 27.7. The van der Waals surface area contributed by atoms with Gasteiger partial charge < -0.3 is 20.0 Å². The first-order valence-electron chi connectivity index (χ1n) is 7.94. The van der Waals surface area contributed by atoms with Crippen LogP contribution in [0.2, 0.25) is 0 Å². The second-order valence-electron chi connectivity index (χ2n) is 6.29. The summed E-state index contributed by atoms with van der Waals surface area (Å²) in [6, 6.07) is 0.130. The average Bonchev–Trinajstić information content (AvgIpc) is 3.29. The van der Waals surface area contributed by atoms with E-state index in [2.05, 4.69) is 0 Å². The summed E-state index contributed by atoms with van der Waals surface area (Å²) >= 11 is 0. The van der Waals surface area contributed by atoms with Crippen molar-refractivity contribution in [1.82, 2.24) is 9.80 Å². The van der Waals surface area contributed by atoms with Gasteiger partial charge in [0, 0.05) is 25.7 Å². The number of aliphatic carboxylic acids is 1. The number of hydrogen-bond acceptors (Lipinski definition) is 3. The molecule has 2 N–H and O–H groups in total. The van der Waals surface area contributed by atoms with Gasteiger partial charge in [0.15, 0.2) is 0 Å². The molecule has 0 aromatic rings. The summed E-state index contributed by atoms with van der Waals surface area (Å²) in [7, 11) is 0. The Morgan fingerprint density at radius 3 is 2.62 bits per heavy atom. The Morgan fingerprint density at radius 2 is 2.10 bits per heavy atom. The third-order valence-electron chi connectivity index (χ3n) is 4.60. The maximum Gasteiger partial charge on any atom is 0.320 e. The molecule has 1 heterocycles. The molecule has 1 unspecified atom stereocenters. The maximum absolute atomic E-state index is 12.6. The van der Waals surface area contributed by atoms with E-state index in [1.807, 2.05) is 6.92 Å². The Morgan fingerprint density at radius 1 is 1.38 bits per heavy atom. The van der Waals surface area contributed by atoms with Crippen LogP contribution in [0.15, 0.2) is 0 Å². The highest BCUT2D eigenvalue weighted by Gasteiger charge is 2.44. The van der Waals surface area contributed by atoms with Crippen molar-refractivity contribution in [2.24, 2.45) is 5.41 Å². The van der Waals surface area contributed by atoms with Gasteiger partial charge in [0.1, 0.15) is 0 Å². The molecule has 2 rings (SSSR count). The van der Waals surface area contributed by atoms with Gasteiger partial charge in [-0.25, -0.2) is 4.79 Å². The summed E-state index contributed by atoms with van der Waals surface area (Å²) < 4.78 is 0. The van der Waals surface area contributed by atoms with E-state index < -0.39 is 11.4 Å². The van der Waals surface area contributed by atoms with Crippen LogP contribution >= 0.6 is 0 Å². The van der Waals surface area contributed by atoms with E-state index in [0.29, 0.717) is 32.5 Å². The second kappa shape index (κ2) is 6.64. The van der Waals surface area contributed by atoms with Crippen molar-refractivity contribution in [2.45, 2.75) is 51.5 Å². The van der Waals surface area contributed by atoms with Gasteiger partial charge in [0.2, 0.25) is 0 Å². The lowest BCUT2D eigenvalue weighted by molar-refractivity contribution is -0.152. The van der Waals surface area contributed by atoms with Crippen molar-refractivity contribution in [3.05, 3.63) is 0 Å². The van der Waals surface area contributed by atoms with Crippen molar-refractivity contribution >= 4 is 12.0 Å². The lowest BCUT2D eigenvalue weighted by Gasteiger charge is -2.41. The quantitative estimate of drug-likeness (QED) is 0.779. The third-order valence-corrected chi connectivity index (χ3v) is 4.60. The number of urea groups is 1. The smallest absolute Gasteiger partial charge is 0.320 e. The van der Waals surface area contributed by atoms with Crippen molar-refractivity contribution in [3.8, 4) is 0 Å². The zero-order valence-electron chi connectivity index (χ0n) is 12.8. The van der Waals surface area contributed by atoms with E-state index in [4.69, 9.17) is 5.11 Å². The van der Waals surface area contributed by atoms with Crippen molar-refractivity contribution in [2.75, 3.05) is 26.2 Å². The Balaban J connectivity index is 2.08. The second-order valence-corrected chi connectivity index (χ2v) is 6.29.